The van der Waals surface area contributed by atoms with E-state index in [2.05, 4.69) is 136 Å². The topological polar surface area (TPSA) is 242 Å². The van der Waals surface area contributed by atoms with Gasteiger partial charge >= 0.3 is 51.4 Å². The van der Waals surface area contributed by atoms with Crippen LogP contribution in [-0.2, 0) is 90.2 Å². The number of benzene rings is 8. The SMILES string of the molecule is CC(C)(C)[O-].O=C1CC(=O)C(c2cn3c4c(cccc24)CCC3)=C1c1c[nH]c2ccccc12.O=C1CC(=O)[C@@H](c2cn3c4c(cccc24)CCC3)[C@@H]1c1c[nH]c2ccccc12.O=C1CC(=O)[C@@H](c2cn3c4c(cccc24)CCC3)[C@@H]1c1c[nH]c2ccccc12.O=C1CC(=O)[C@@H](c2cn3c4c(cccc24)CCC3)[C@H]1c1c[nH]c2ccccc12.[K+]. The third-order valence-electron chi connectivity index (χ3n) is 25.7. The Morgan fingerprint density at radius 2 is 0.559 bits per heavy atom. The number of ketones is 8. The Morgan fingerprint density at radius 3 is 0.907 bits per heavy atom. The van der Waals surface area contributed by atoms with Crippen molar-refractivity contribution in [2.45, 2.75) is 165 Å². The summed E-state index contributed by atoms with van der Waals surface area (Å²) in [5.41, 5.74) is 22.3. The van der Waals surface area contributed by atoms with E-state index >= 15 is 0 Å². The monoisotopic (exact) mass is 1580 g/mol. The molecule has 582 valence electrons. The Balaban J connectivity index is 0.000000102. The van der Waals surface area contributed by atoms with Crippen LogP contribution in [0.4, 0.5) is 0 Å². The maximum absolute atomic E-state index is 13.0. The molecular weight excluding hydrogens is 1500 g/mol. The van der Waals surface area contributed by atoms with Gasteiger partial charge in [0.2, 0.25) is 0 Å². The minimum atomic E-state index is -0.750. The van der Waals surface area contributed by atoms with E-state index < -0.39 is 41.1 Å². The number of Topliss-reactive ketones (excluding diaryl/α,β-unsaturated/α-hetero) is 8. The summed E-state index contributed by atoms with van der Waals surface area (Å²) in [5.74, 6) is -2.35. The molecule has 0 spiro atoms. The molecule has 4 aliphatic heterocycles. The molecule has 0 unspecified atom stereocenters. The molecule has 24 rings (SSSR count). The van der Waals surface area contributed by atoms with Gasteiger partial charge < -0.3 is 43.3 Å². The Hall–Kier alpha value is -11.2. The fourth-order valence-electron chi connectivity index (χ4n) is 21.0. The smallest absolute Gasteiger partial charge is 0.850 e. The average molecular weight is 1580 g/mol. The van der Waals surface area contributed by atoms with E-state index in [-0.39, 0.29) is 123 Å². The van der Waals surface area contributed by atoms with Crippen LogP contribution in [0.5, 0.6) is 0 Å². The number of nitrogens with zero attached hydrogens (tertiary/aromatic N) is 4. The number of aromatic nitrogens is 8. The number of hydrogen-bond donors (Lipinski definition) is 4. The molecule has 0 bridgehead atoms. The number of aromatic amines is 4. The Bertz CT molecular complexity index is 6440. The molecule has 8 aliphatic rings. The summed E-state index contributed by atoms with van der Waals surface area (Å²) >= 11 is 0. The first-order valence-corrected chi connectivity index (χ1v) is 41.2. The normalized spacial score (nSPS) is 20.0. The van der Waals surface area contributed by atoms with Gasteiger partial charge in [-0.1, -0.05) is 166 Å². The molecule has 0 saturated heterocycles. The average Bonchev–Trinajstić information content (AvgIpc) is 1.59. The van der Waals surface area contributed by atoms with E-state index in [9.17, 15) is 43.5 Å². The molecule has 3 saturated carbocycles. The van der Waals surface area contributed by atoms with Crippen LogP contribution >= 0.6 is 0 Å². The molecule has 12 heterocycles. The Morgan fingerprint density at radius 1 is 0.297 bits per heavy atom. The van der Waals surface area contributed by atoms with Gasteiger partial charge in [0.15, 0.2) is 11.6 Å². The third kappa shape index (κ3) is 13.2. The van der Waals surface area contributed by atoms with E-state index in [1.807, 2.05) is 122 Å². The van der Waals surface area contributed by atoms with Gasteiger partial charge in [-0.05, 0) is 131 Å². The molecule has 6 atom stereocenters. The summed E-state index contributed by atoms with van der Waals surface area (Å²) in [6.45, 7) is 8.76. The van der Waals surface area contributed by atoms with Crippen molar-refractivity contribution >= 4 is 145 Å². The van der Waals surface area contributed by atoms with Crippen LogP contribution in [0.3, 0.4) is 0 Å². The molecule has 0 radical (unpaired) electrons. The van der Waals surface area contributed by atoms with Crippen LogP contribution in [0.1, 0.15) is 174 Å². The number of hydrogen-bond acceptors (Lipinski definition) is 9. The maximum atomic E-state index is 13.0. The van der Waals surface area contributed by atoms with Gasteiger partial charge in [0.05, 0.1) is 83.3 Å². The summed E-state index contributed by atoms with van der Waals surface area (Å²) in [5, 5.41) is 18.7. The van der Waals surface area contributed by atoms with Gasteiger partial charge in [0.25, 0.3) is 0 Å². The van der Waals surface area contributed by atoms with Crippen LogP contribution in [0.15, 0.2) is 219 Å². The van der Waals surface area contributed by atoms with Crippen LogP contribution in [0, 0.1) is 0 Å². The molecule has 8 aromatic carbocycles. The van der Waals surface area contributed by atoms with Crippen molar-refractivity contribution in [3.05, 3.63) is 286 Å². The largest absolute Gasteiger partial charge is 1.00 e. The number of aryl methyl sites for hydroxylation is 8. The number of rotatable bonds is 8. The van der Waals surface area contributed by atoms with Crippen LogP contribution in [-0.4, -0.2) is 90.1 Å². The molecule has 118 heavy (non-hydrogen) atoms. The summed E-state index contributed by atoms with van der Waals surface area (Å²) in [6, 6.07) is 57.3. The zero-order valence-corrected chi connectivity index (χ0v) is 69.6. The van der Waals surface area contributed by atoms with Gasteiger partial charge in [0.1, 0.15) is 34.7 Å². The molecule has 4 aliphatic carbocycles. The first-order valence-electron chi connectivity index (χ1n) is 41.2. The summed E-state index contributed by atoms with van der Waals surface area (Å²) in [4.78, 5) is 117. The molecule has 16 aromatic rings. The molecule has 0 amide bonds. The van der Waals surface area contributed by atoms with Gasteiger partial charge in [-0.3, -0.25) is 38.4 Å². The second kappa shape index (κ2) is 30.6. The number of carbonyl (C=O) groups excluding carboxylic acids is 8. The molecule has 17 nitrogen and oxygen atoms in total. The standard InChI is InChI=1S/3C24H20N2O2.C24H18N2O2.C4H9O.K/c4*27-20-11-21(28)23(22(20)17-12-25-19-9-2-1-7-15(17)19)18-13-26-10-4-6-14-5-3-8-16(18)24(14)26;1-4(2,3)5;/h3*1-3,5,7-9,12-13,22-23,25H,4,6,10-11H2;1-3,5,7-9,12-13,25H,4,6,10-11H2;1-3H3;/q;;;;-1;+1/t22-,23+;2*22-,23-;;;/m011.../s1. The summed E-state index contributed by atoms with van der Waals surface area (Å²) < 4.78 is 9.10. The van der Waals surface area contributed by atoms with Crippen molar-refractivity contribution in [2.24, 2.45) is 0 Å². The molecule has 18 heteroatoms. The number of para-hydroxylation sites is 8. The van der Waals surface area contributed by atoms with Crippen LogP contribution in [0.2, 0.25) is 0 Å². The molecule has 8 aromatic heterocycles. The zero-order valence-electron chi connectivity index (χ0n) is 66.5. The van der Waals surface area contributed by atoms with Gasteiger partial charge in [-0.2, -0.15) is 0 Å². The van der Waals surface area contributed by atoms with Gasteiger partial charge in [-0.25, -0.2) is 0 Å². The minimum absolute atomic E-state index is 0. The van der Waals surface area contributed by atoms with Gasteiger partial charge in [0, 0.05) is 163 Å². The van der Waals surface area contributed by atoms with E-state index in [1.54, 1.807) is 20.8 Å². The second-order valence-electron chi connectivity index (χ2n) is 33.9. The van der Waals surface area contributed by atoms with E-state index in [4.69, 9.17) is 0 Å². The number of allylic oxidation sites excluding steroid dienone is 2. The van der Waals surface area contributed by atoms with Crippen molar-refractivity contribution < 1.29 is 94.8 Å². The van der Waals surface area contributed by atoms with Crippen LogP contribution < -0.4 is 56.5 Å². The quantitative estimate of drug-likeness (QED) is 0.0834. The van der Waals surface area contributed by atoms with Crippen molar-refractivity contribution in [2.75, 3.05) is 0 Å². The molecule has 3 fully saturated rings. The summed E-state index contributed by atoms with van der Waals surface area (Å²) in [6.07, 6.45) is 24.9. The van der Waals surface area contributed by atoms with Crippen molar-refractivity contribution in [1.29, 1.82) is 0 Å². The van der Waals surface area contributed by atoms with Crippen LogP contribution in [0.25, 0.3) is 98.4 Å². The van der Waals surface area contributed by atoms with E-state index in [1.165, 1.54) is 44.3 Å². The fraction of sp³-hybridized carbons (Fsp3) is 0.260. The number of carbonyl (C=O) groups is 8. The first kappa shape index (κ1) is 76.7. The van der Waals surface area contributed by atoms with E-state index in [0.717, 1.165) is 187 Å². The predicted molar refractivity (Wildman–Crippen MR) is 456 cm³/mol. The van der Waals surface area contributed by atoms with Crippen molar-refractivity contribution in [3.8, 4) is 0 Å². The fourth-order valence-corrected chi connectivity index (χ4v) is 21.0. The Kier molecular flexibility index (Phi) is 19.9. The predicted octanol–water partition coefficient (Wildman–Crippen LogP) is 15.1. The number of nitrogens with one attached hydrogen (secondary N) is 4. The third-order valence-corrected chi connectivity index (χ3v) is 25.7. The molecule has 4 N–H and O–H groups in total. The maximum Gasteiger partial charge on any atom is 1.00 e. The first-order chi connectivity index (χ1) is 56.9. The number of fused-ring (bicyclic) bond motifs is 4. The minimum Gasteiger partial charge on any atom is -0.850 e. The van der Waals surface area contributed by atoms with Crippen molar-refractivity contribution in [1.82, 2.24) is 38.2 Å². The number of H-pyrrole nitrogens is 4. The zero-order chi connectivity index (χ0) is 79.8. The molecular formula is C100H87KN8O9. The van der Waals surface area contributed by atoms with Gasteiger partial charge in [-0.15, -0.1) is 5.60 Å². The van der Waals surface area contributed by atoms with Crippen molar-refractivity contribution in [3.63, 3.8) is 0 Å². The summed E-state index contributed by atoms with van der Waals surface area (Å²) in [7, 11) is 0. The second-order valence-corrected chi connectivity index (χ2v) is 33.9. The Labute approximate surface area is 722 Å². The van der Waals surface area contributed by atoms with E-state index in [0.29, 0.717) is 11.1 Å².